The van der Waals surface area contributed by atoms with Crippen molar-refractivity contribution in [2.75, 3.05) is 6.61 Å². The van der Waals surface area contributed by atoms with Gasteiger partial charge in [-0.25, -0.2) is 10.4 Å². The minimum absolute atomic E-state index is 0.132. The number of aryl methyl sites for hydroxylation is 1. The number of hydrogen-bond acceptors (Lipinski definition) is 4. The van der Waals surface area contributed by atoms with Crippen molar-refractivity contribution < 1.29 is 9.53 Å². The van der Waals surface area contributed by atoms with Crippen molar-refractivity contribution in [2.24, 2.45) is 5.10 Å². The number of carbonyl (C=O) groups excluding carboxylic acids is 1. The molecule has 1 amide bonds. The SMILES string of the molecule is Cc1nc2ccccc2n1CC(=O)N/N=C/C1=Cc2cc(Cl)cc(Cl)c2OC1. The summed E-state index contributed by atoms with van der Waals surface area (Å²) in [5, 5.41) is 5.02. The summed E-state index contributed by atoms with van der Waals surface area (Å²) in [6.07, 6.45) is 3.42. The number of fused-ring (bicyclic) bond motifs is 2. The van der Waals surface area contributed by atoms with Crippen LogP contribution in [0.5, 0.6) is 5.75 Å². The van der Waals surface area contributed by atoms with E-state index in [1.54, 1.807) is 18.3 Å². The first-order valence-corrected chi connectivity index (χ1v) is 9.33. The Kier molecular flexibility index (Phi) is 5.07. The smallest absolute Gasteiger partial charge is 0.260 e. The van der Waals surface area contributed by atoms with Gasteiger partial charge in [-0.2, -0.15) is 5.10 Å². The molecule has 2 aromatic carbocycles. The van der Waals surface area contributed by atoms with Crippen molar-refractivity contribution in [1.29, 1.82) is 0 Å². The maximum Gasteiger partial charge on any atom is 0.260 e. The lowest BCUT2D eigenvalue weighted by Gasteiger charge is -2.17. The molecular weight excluding hydrogens is 399 g/mol. The number of aromatic nitrogens is 2. The van der Waals surface area contributed by atoms with Crippen molar-refractivity contribution in [3.05, 3.63) is 63.4 Å². The normalized spacial score (nSPS) is 13.3. The third kappa shape index (κ3) is 3.74. The first kappa shape index (κ1) is 18.5. The lowest BCUT2D eigenvalue weighted by molar-refractivity contribution is -0.121. The first-order valence-electron chi connectivity index (χ1n) is 8.57. The van der Waals surface area contributed by atoms with Gasteiger partial charge < -0.3 is 9.30 Å². The predicted molar refractivity (Wildman–Crippen MR) is 111 cm³/mol. The largest absolute Gasteiger partial charge is 0.487 e. The van der Waals surface area contributed by atoms with Gasteiger partial charge in [0.15, 0.2) is 0 Å². The van der Waals surface area contributed by atoms with Gasteiger partial charge in [0.1, 0.15) is 24.7 Å². The molecule has 0 unspecified atom stereocenters. The molecule has 0 saturated heterocycles. The van der Waals surface area contributed by atoms with Crippen LogP contribution in [0.1, 0.15) is 11.4 Å². The zero-order chi connectivity index (χ0) is 19.7. The van der Waals surface area contributed by atoms with Crippen LogP contribution in [0.4, 0.5) is 0 Å². The van der Waals surface area contributed by atoms with Crippen LogP contribution in [-0.2, 0) is 11.3 Å². The zero-order valence-electron chi connectivity index (χ0n) is 14.9. The Bertz CT molecular complexity index is 1130. The molecule has 142 valence electrons. The van der Waals surface area contributed by atoms with Crippen molar-refractivity contribution in [2.45, 2.75) is 13.5 Å². The molecule has 3 aromatic rings. The van der Waals surface area contributed by atoms with Crippen LogP contribution < -0.4 is 10.2 Å². The molecule has 0 saturated carbocycles. The number of halogens is 2. The number of amides is 1. The van der Waals surface area contributed by atoms with Gasteiger partial charge in [0.25, 0.3) is 5.91 Å². The van der Waals surface area contributed by atoms with Crippen molar-refractivity contribution >= 4 is 52.4 Å². The molecule has 0 spiro atoms. The summed E-state index contributed by atoms with van der Waals surface area (Å²) >= 11 is 12.2. The van der Waals surface area contributed by atoms with Gasteiger partial charge in [-0.05, 0) is 37.3 Å². The van der Waals surface area contributed by atoms with Gasteiger partial charge in [-0.15, -0.1) is 0 Å². The molecule has 1 aromatic heterocycles. The molecule has 0 radical (unpaired) electrons. The molecule has 0 bridgehead atoms. The minimum Gasteiger partial charge on any atom is -0.487 e. The van der Waals surface area contributed by atoms with E-state index >= 15 is 0 Å². The standard InChI is InChI=1S/C20H16Cl2N4O2/c1-12-24-17-4-2-3-5-18(17)26(12)10-19(27)25-23-9-13-6-14-7-15(21)8-16(22)20(14)28-11-13/h2-9H,10-11H2,1H3,(H,25,27)/b23-9+. The van der Waals surface area contributed by atoms with Crippen LogP contribution in [0.15, 0.2) is 47.1 Å². The Morgan fingerprint density at radius 2 is 2.18 bits per heavy atom. The summed E-state index contributed by atoms with van der Waals surface area (Å²) in [7, 11) is 0. The van der Waals surface area contributed by atoms with Crippen LogP contribution in [0.25, 0.3) is 17.1 Å². The third-order valence-corrected chi connectivity index (χ3v) is 4.83. The van der Waals surface area contributed by atoms with E-state index in [2.05, 4.69) is 15.5 Å². The molecular formula is C20H16Cl2N4O2. The lowest BCUT2D eigenvalue weighted by Crippen LogP contribution is -2.24. The molecule has 1 aliphatic heterocycles. The number of hydrazone groups is 1. The fourth-order valence-corrected chi connectivity index (χ4v) is 3.64. The van der Waals surface area contributed by atoms with Gasteiger partial charge in [0.05, 0.1) is 22.3 Å². The molecule has 1 aliphatic rings. The Hall–Kier alpha value is -2.83. The summed E-state index contributed by atoms with van der Waals surface area (Å²) in [5.41, 5.74) is 5.87. The van der Waals surface area contributed by atoms with E-state index in [9.17, 15) is 4.79 Å². The van der Waals surface area contributed by atoms with Crippen LogP contribution in [-0.4, -0.2) is 28.3 Å². The highest BCUT2D eigenvalue weighted by atomic mass is 35.5. The highest BCUT2D eigenvalue weighted by Crippen LogP contribution is 2.36. The Morgan fingerprint density at radius 1 is 1.36 bits per heavy atom. The van der Waals surface area contributed by atoms with E-state index in [1.165, 1.54) is 0 Å². The number of para-hydroxylation sites is 2. The highest BCUT2D eigenvalue weighted by Gasteiger charge is 2.15. The van der Waals surface area contributed by atoms with E-state index < -0.39 is 0 Å². The molecule has 2 heterocycles. The highest BCUT2D eigenvalue weighted by molar-refractivity contribution is 6.36. The van der Waals surface area contributed by atoms with Crippen molar-refractivity contribution in [3.63, 3.8) is 0 Å². The quantitative estimate of drug-likeness (QED) is 0.512. The second-order valence-corrected chi connectivity index (χ2v) is 7.18. The molecule has 1 N–H and O–H groups in total. The van der Waals surface area contributed by atoms with E-state index in [0.717, 1.165) is 28.0 Å². The summed E-state index contributed by atoms with van der Waals surface area (Å²) in [6, 6.07) is 11.1. The molecule has 8 heteroatoms. The second-order valence-electron chi connectivity index (χ2n) is 6.34. The summed E-state index contributed by atoms with van der Waals surface area (Å²) in [4.78, 5) is 16.7. The molecule has 0 atom stereocenters. The summed E-state index contributed by atoms with van der Waals surface area (Å²) < 4.78 is 7.50. The maximum atomic E-state index is 12.3. The van der Waals surface area contributed by atoms with Crippen LogP contribution in [0.3, 0.4) is 0 Å². The molecule has 4 rings (SSSR count). The Balaban J connectivity index is 1.44. The summed E-state index contributed by atoms with van der Waals surface area (Å²) in [6.45, 7) is 2.31. The number of rotatable bonds is 4. The van der Waals surface area contributed by atoms with Gasteiger partial charge in [0, 0.05) is 16.2 Å². The van der Waals surface area contributed by atoms with E-state index in [1.807, 2.05) is 41.8 Å². The fourth-order valence-electron chi connectivity index (χ4n) is 3.07. The molecule has 28 heavy (non-hydrogen) atoms. The van der Waals surface area contributed by atoms with Crippen LogP contribution in [0.2, 0.25) is 10.0 Å². The topological polar surface area (TPSA) is 68.5 Å². The number of nitrogens with one attached hydrogen (secondary N) is 1. The number of carbonyl (C=O) groups is 1. The zero-order valence-corrected chi connectivity index (χ0v) is 16.5. The van der Waals surface area contributed by atoms with E-state index in [0.29, 0.717) is 22.4 Å². The molecule has 6 nitrogen and oxygen atoms in total. The van der Waals surface area contributed by atoms with Crippen molar-refractivity contribution in [3.8, 4) is 5.75 Å². The summed E-state index contributed by atoms with van der Waals surface area (Å²) in [5.74, 6) is 1.12. The predicted octanol–water partition coefficient (Wildman–Crippen LogP) is 4.23. The third-order valence-electron chi connectivity index (χ3n) is 4.33. The Labute approximate surface area is 171 Å². The first-order chi connectivity index (χ1) is 13.5. The number of ether oxygens (including phenoxy) is 1. The molecule has 0 aliphatic carbocycles. The van der Waals surface area contributed by atoms with Gasteiger partial charge in [-0.1, -0.05) is 35.3 Å². The average molecular weight is 415 g/mol. The lowest BCUT2D eigenvalue weighted by atomic mass is 10.1. The average Bonchev–Trinajstić information content (AvgIpc) is 2.97. The Morgan fingerprint density at radius 3 is 3.04 bits per heavy atom. The number of benzene rings is 2. The monoisotopic (exact) mass is 414 g/mol. The number of imidazole rings is 1. The maximum absolute atomic E-state index is 12.3. The minimum atomic E-state index is -0.244. The van der Waals surface area contributed by atoms with E-state index in [-0.39, 0.29) is 12.5 Å². The van der Waals surface area contributed by atoms with E-state index in [4.69, 9.17) is 27.9 Å². The second kappa shape index (κ2) is 7.66. The van der Waals surface area contributed by atoms with Gasteiger partial charge in [-0.3, -0.25) is 4.79 Å². The van der Waals surface area contributed by atoms with Gasteiger partial charge in [0.2, 0.25) is 0 Å². The number of hydrogen-bond donors (Lipinski definition) is 1. The number of nitrogens with zero attached hydrogens (tertiary/aromatic N) is 3. The van der Waals surface area contributed by atoms with Crippen molar-refractivity contribution in [1.82, 2.24) is 15.0 Å². The molecule has 0 fully saturated rings. The van der Waals surface area contributed by atoms with Crippen LogP contribution >= 0.6 is 23.2 Å². The van der Waals surface area contributed by atoms with Crippen LogP contribution in [0, 0.1) is 6.92 Å². The van der Waals surface area contributed by atoms with Gasteiger partial charge >= 0.3 is 0 Å². The fraction of sp³-hybridized carbons (Fsp3) is 0.150.